The third-order valence-electron chi connectivity index (χ3n) is 4.91. The largest absolute Gasteiger partial charge is 0.345 e. The number of nitrogens with zero attached hydrogens (tertiary/aromatic N) is 1. The van der Waals surface area contributed by atoms with Gasteiger partial charge in [0.25, 0.3) is 11.7 Å². The maximum absolute atomic E-state index is 12.9. The molecule has 1 N–H and O–H groups in total. The summed E-state index contributed by atoms with van der Waals surface area (Å²) in [4.78, 5) is 37.4. The maximum atomic E-state index is 12.9. The molecule has 0 saturated carbocycles. The van der Waals surface area contributed by atoms with Gasteiger partial charge in [0.2, 0.25) is 0 Å². The minimum atomic E-state index is -0.766. The number of benzene rings is 1. The van der Waals surface area contributed by atoms with Crippen molar-refractivity contribution in [3.05, 3.63) is 57.4 Å². The number of aryl methyl sites for hydroxylation is 2. The van der Waals surface area contributed by atoms with Crippen LogP contribution in [-0.4, -0.2) is 28.6 Å². The summed E-state index contributed by atoms with van der Waals surface area (Å²) in [5.41, 5.74) is 5.01. The van der Waals surface area contributed by atoms with E-state index in [1.807, 2.05) is 32.0 Å². The Kier molecular flexibility index (Phi) is 6.02. The predicted octanol–water partition coefficient (Wildman–Crippen LogP) is 2.62. The zero-order valence-electron chi connectivity index (χ0n) is 16.4. The fraction of sp³-hybridized carbons (Fsp3) is 0.318. The number of terminal acetylenes is 1. The van der Waals surface area contributed by atoms with Gasteiger partial charge in [0, 0.05) is 19.2 Å². The first-order valence-electron chi connectivity index (χ1n) is 8.70. The van der Waals surface area contributed by atoms with E-state index in [0.29, 0.717) is 17.0 Å². The van der Waals surface area contributed by atoms with E-state index in [0.717, 1.165) is 11.1 Å². The van der Waals surface area contributed by atoms with Crippen molar-refractivity contribution >= 4 is 17.5 Å². The van der Waals surface area contributed by atoms with Crippen LogP contribution in [0.25, 0.3) is 0 Å². The Hall–Kier alpha value is -3.13. The third-order valence-corrected chi connectivity index (χ3v) is 4.91. The molecule has 0 atom stereocenters. The van der Waals surface area contributed by atoms with E-state index in [4.69, 9.17) is 6.42 Å². The van der Waals surface area contributed by atoms with Crippen molar-refractivity contribution in [3.63, 3.8) is 0 Å². The maximum Gasteiger partial charge on any atom is 0.293 e. The lowest BCUT2D eigenvalue weighted by molar-refractivity contribution is -0.116. The second kappa shape index (κ2) is 8.05. The molecule has 0 aliphatic carbocycles. The fourth-order valence-corrected chi connectivity index (χ4v) is 3.22. The molecule has 0 unspecified atom stereocenters. The van der Waals surface area contributed by atoms with Crippen LogP contribution in [0.2, 0.25) is 0 Å². The van der Waals surface area contributed by atoms with E-state index < -0.39 is 11.7 Å². The standard InChI is InChI=1S/C22H24N2O3/c1-7-10-23-22(27)21(26)19-15(4)20(24(6)16(19)5)18(25)12-17-9-8-13(2)14(3)11-17/h1,8-9,11H,10,12H2,2-6H3,(H,23,27). The summed E-state index contributed by atoms with van der Waals surface area (Å²) in [6.45, 7) is 7.43. The minimum Gasteiger partial charge on any atom is -0.345 e. The molecule has 0 aliphatic rings. The molecule has 140 valence electrons. The van der Waals surface area contributed by atoms with Gasteiger partial charge in [0.05, 0.1) is 17.8 Å². The Labute approximate surface area is 159 Å². The van der Waals surface area contributed by atoms with Crippen molar-refractivity contribution in [3.8, 4) is 12.3 Å². The number of hydrogen-bond acceptors (Lipinski definition) is 3. The number of amides is 1. The van der Waals surface area contributed by atoms with Gasteiger partial charge in [-0.1, -0.05) is 24.1 Å². The molecule has 0 radical (unpaired) electrons. The van der Waals surface area contributed by atoms with Crippen molar-refractivity contribution in [2.75, 3.05) is 6.54 Å². The molecule has 1 amide bonds. The molecule has 0 fully saturated rings. The zero-order chi connectivity index (χ0) is 20.3. The lowest BCUT2D eigenvalue weighted by Gasteiger charge is -2.07. The molecule has 0 aliphatic heterocycles. The van der Waals surface area contributed by atoms with Gasteiger partial charge < -0.3 is 9.88 Å². The van der Waals surface area contributed by atoms with Crippen molar-refractivity contribution < 1.29 is 14.4 Å². The van der Waals surface area contributed by atoms with Crippen molar-refractivity contribution in [2.24, 2.45) is 7.05 Å². The van der Waals surface area contributed by atoms with Gasteiger partial charge in [-0.05, 0) is 49.9 Å². The van der Waals surface area contributed by atoms with Crippen LogP contribution in [0.5, 0.6) is 0 Å². The average Bonchev–Trinajstić information content (AvgIpc) is 2.84. The van der Waals surface area contributed by atoms with E-state index in [1.54, 1.807) is 25.5 Å². The summed E-state index contributed by atoms with van der Waals surface area (Å²) in [5, 5.41) is 2.38. The molecule has 0 spiro atoms. The first-order chi connectivity index (χ1) is 12.7. The monoisotopic (exact) mass is 364 g/mol. The number of hydrogen-bond donors (Lipinski definition) is 1. The molecule has 2 rings (SSSR count). The Bertz CT molecular complexity index is 974. The van der Waals surface area contributed by atoms with Gasteiger partial charge in [-0.15, -0.1) is 6.42 Å². The number of aromatic nitrogens is 1. The van der Waals surface area contributed by atoms with E-state index in [-0.39, 0.29) is 24.3 Å². The highest BCUT2D eigenvalue weighted by Crippen LogP contribution is 2.23. The van der Waals surface area contributed by atoms with Crippen LogP contribution in [0.15, 0.2) is 18.2 Å². The molecule has 0 bridgehead atoms. The molecule has 1 aromatic heterocycles. The number of carbonyl (C=O) groups excluding carboxylic acids is 3. The molecule has 2 aromatic rings. The molecule has 5 heteroatoms. The van der Waals surface area contributed by atoms with Crippen LogP contribution in [0.4, 0.5) is 0 Å². The Morgan fingerprint density at radius 3 is 2.37 bits per heavy atom. The summed E-state index contributed by atoms with van der Waals surface area (Å²) in [5.74, 6) is 0.723. The van der Waals surface area contributed by atoms with Gasteiger partial charge in [-0.25, -0.2) is 0 Å². The van der Waals surface area contributed by atoms with Gasteiger partial charge in [-0.2, -0.15) is 0 Å². The van der Waals surface area contributed by atoms with Crippen LogP contribution >= 0.6 is 0 Å². The summed E-state index contributed by atoms with van der Waals surface area (Å²) in [6.07, 6.45) is 5.34. The topological polar surface area (TPSA) is 68.2 Å². The van der Waals surface area contributed by atoms with Gasteiger partial charge in [0.1, 0.15) is 0 Å². The minimum absolute atomic E-state index is 0.0198. The fourth-order valence-electron chi connectivity index (χ4n) is 3.22. The summed E-state index contributed by atoms with van der Waals surface area (Å²) in [7, 11) is 1.73. The molecule has 5 nitrogen and oxygen atoms in total. The first-order valence-corrected chi connectivity index (χ1v) is 8.70. The quantitative estimate of drug-likeness (QED) is 0.487. The van der Waals surface area contributed by atoms with E-state index >= 15 is 0 Å². The van der Waals surface area contributed by atoms with Crippen molar-refractivity contribution in [1.82, 2.24) is 9.88 Å². The van der Waals surface area contributed by atoms with Crippen molar-refractivity contribution in [2.45, 2.75) is 34.1 Å². The number of carbonyl (C=O) groups is 3. The summed E-state index contributed by atoms with van der Waals surface area (Å²) < 4.78 is 1.68. The Balaban J connectivity index is 2.36. The lowest BCUT2D eigenvalue weighted by atomic mass is 9.99. The van der Waals surface area contributed by atoms with Crippen LogP contribution < -0.4 is 5.32 Å². The molecule has 0 saturated heterocycles. The number of rotatable bonds is 6. The number of nitrogens with one attached hydrogen (secondary N) is 1. The molecular weight excluding hydrogens is 340 g/mol. The van der Waals surface area contributed by atoms with Crippen LogP contribution in [0, 0.1) is 40.0 Å². The lowest BCUT2D eigenvalue weighted by Crippen LogP contribution is -2.31. The van der Waals surface area contributed by atoms with Crippen LogP contribution in [-0.2, 0) is 18.3 Å². The van der Waals surface area contributed by atoms with E-state index in [9.17, 15) is 14.4 Å². The molecule has 27 heavy (non-hydrogen) atoms. The second-order valence-corrected chi connectivity index (χ2v) is 6.73. The predicted molar refractivity (Wildman–Crippen MR) is 105 cm³/mol. The first kappa shape index (κ1) is 20.2. The van der Waals surface area contributed by atoms with Gasteiger partial charge >= 0.3 is 0 Å². The summed E-state index contributed by atoms with van der Waals surface area (Å²) in [6, 6.07) is 5.92. The van der Waals surface area contributed by atoms with Gasteiger partial charge in [0.15, 0.2) is 5.78 Å². The number of ketones is 2. The number of Topliss-reactive ketones (excluding diaryl/α,β-unsaturated/α-hetero) is 2. The average molecular weight is 364 g/mol. The summed E-state index contributed by atoms with van der Waals surface area (Å²) >= 11 is 0. The smallest absolute Gasteiger partial charge is 0.293 e. The molecular formula is C22H24N2O3. The van der Waals surface area contributed by atoms with Gasteiger partial charge in [-0.3, -0.25) is 14.4 Å². The third kappa shape index (κ3) is 4.01. The van der Waals surface area contributed by atoms with E-state index in [1.165, 1.54) is 5.56 Å². The molecule has 1 aromatic carbocycles. The highest BCUT2D eigenvalue weighted by Gasteiger charge is 2.28. The van der Waals surface area contributed by atoms with Crippen molar-refractivity contribution in [1.29, 1.82) is 0 Å². The highest BCUT2D eigenvalue weighted by atomic mass is 16.2. The molecule has 1 heterocycles. The Morgan fingerprint density at radius 1 is 1.11 bits per heavy atom. The van der Waals surface area contributed by atoms with Crippen LogP contribution in [0.3, 0.4) is 0 Å². The zero-order valence-corrected chi connectivity index (χ0v) is 16.4. The highest BCUT2D eigenvalue weighted by molar-refractivity contribution is 6.43. The second-order valence-electron chi connectivity index (χ2n) is 6.73. The van der Waals surface area contributed by atoms with Crippen LogP contribution in [0.1, 0.15) is 48.8 Å². The Morgan fingerprint density at radius 2 is 1.78 bits per heavy atom. The normalized spacial score (nSPS) is 10.4. The van der Waals surface area contributed by atoms with E-state index in [2.05, 4.69) is 11.2 Å². The SMILES string of the molecule is C#CCNC(=O)C(=O)c1c(C)c(C(=O)Cc2ccc(C)c(C)c2)n(C)c1C.